The first-order valence-electron chi connectivity index (χ1n) is 10.0. The summed E-state index contributed by atoms with van der Waals surface area (Å²) in [5.74, 6) is -0.525. The molecular formula is C25H20ClN3O3S. The van der Waals surface area contributed by atoms with Gasteiger partial charge in [0, 0.05) is 11.6 Å². The van der Waals surface area contributed by atoms with Gasteiger partial charge in [-0.2, -0.15) is 0 Å². The topological polar surface area (TPSA) is 79.4 Å². The predicted molar refractivity (Wildman–Crippen MR) is 132 cm³/mol. The average Bonchev–Trinajstić information content (AvgIpc) is 2.83. The van der Waals surface area contributed by atoms with Crippen LogP contribution in [0.4, 0.5) is 11.4 Å². The maximum absolute atomic E-state index is 13.4. The second kappa shape index (κ2) is 9.44. The van der Waals surface area contributed by atoms with E-state index in [0.717, 1.165) is 10.9 Å². The summed E-state index contributed by atoms with van der Waals surface area (Å²) in [5, 5.41) is 3.72. The molecule has 0 atom stereocenters. The highest BCUT2D eigenvalue weighted by molar-refractivity contribution is 7.92. The van der Waals surface area contributed by atoms with Crippen LogP contribution in [0.5, 0.6) is 0 Å². The van der Waals surface area contributed by atoms with Gasteiger partial charge in [-0.1, -0.05) is 41.9 Å². The van der Waals surface area contributed by atoms with Crippen LogP contribution in [0.15, 0.2) is 103 Å². The fourth-order valence-electron chi connectivity index (χ4n) is 3.42. The van der Waals surface area contributed by atoms with Crippen molar-refractivity contribution in [2.24, 2.45) is 0 Å². The number of nitrogens with zero attached hydrogens (tertiary/aromatic N) is 2. The number of aromatic nitrogens is 1. The number of anilines is 2. The summed E-state index contributed by atoms with van der Waals surface area (Å²) in [5.41, 5.74) is 1.81. The number of benzene rings is 3. The molecule has 0 fully saturated rings. The van der Waals surface area contributed by atoms with Crippen LogP contribution in [0.3, 0.4) is 0 Å². The normalized spacial score (nSPS) is 11.2. The van der Waals surface area contributed by atoms with Gasteiger partial charge in [0.2, 0.25) is 0 Å². The quantitative estimate of drug-likeness (QED) is 0.355. The SMILES string of the molecule is C=CCN(c1ccccc1)S(=O)(=O)c1ccc(Cl)c(C(=O)Nc2cccc3ncccc23)c1. The highest BCUT2D eigenvalue weighted by Crippen LogP contribution is 2.28. The zero-order chi connectivity index (χ0) is 23.4. The van der Waals surface area contributed by atoms with Gasteiger partial charge < -0.3 is 5.32 Å². The lowest BCUT2D eigenvalue weighted by Gasteiger charge is -2.23. The van der Waals surface area contributed by atoms with Gasteiger partial charge in [-0.25, -0.2) is 8.42 Å². The summed E-state index contributed by atoms with van der Waals surface area (Å²) in [7, 11) is -3.98. The lowest BCUT2D eigenvalue weighted by Crippen LogP contribution is -2.31. The molecule has 0 saturated carbocycles. The lowest BCUT2D eigenvalue weighted by molar-refractivity contribution is 0.102. The van der Waals surface area contributed by atoms with Crippen LogP contribution in [0, 0.1) is 0 Å². The molecule has 6 nitrogen and oxygen atoms in total. The monoisotopic (exact) mass is 477 g/mol. The third kappa shape index (κ3) is 4.60. The number of nitrogens with one attached hydrogen (secondary N) is 1. The third-order valence-electron chi connectivity index (χ3n) is 5.00. The van der Waals surface area contributed by atoms with Crippen molar-refractivity contribution < 1.29 is 13.2 Å². The second-order valence-corrected chi connectivity index (χ2v) is 9.40. The molecule has 33 heavy (non-hydrogen) atoms. The summed E-state index contributed by atoms with van der Waals surface area (Å²) in [6.45, 7) is 3.74. The van der Waals surface area contributed by atoms with E-state index in [1.54, 1.807) is 54.7 Å². The molecule has 0 bridgehead atoms. The molecular weight excluding hydrogens is 458 g/mol. The largest absolute Gasteiger partial charge is 0.321 e. The minimum Gasteiger partial charge on any atom is -0.321 e. The molecule has 0 spiro atoms. The van der Waals surface area contributed by atoms with Crippen LogP contribution in [-0.4, -0.2) is 25.9 Å². The zero-order valence-electron chi connectivity index (χ0n) is 17.5. The molecule has 0 radical (unpaired) electrons. The van der Waals surface area contributed by atoms with E-state index in [0.29, 0.717) is 11.4 Å². The lowest BCUT2D eigenvalue weighted by atomic mass is 10.1. The Bertz CT molecular complexity index is 1430. The highest BCUT2D eigenvalue weighted by atomic mass is 35.5. The van der Waals surface area contributed by atoms with Crippen LogP contribution in [-0.2, 0) is 10.0 Å². The number of amides is 1. The maximum Gasteiger partial charge on any atom is 0.264 e. The molecule has 166 valence electrons. The molecule has 0 aliphatic heterocycles. The predicted octanol–water partition coefficient (Wildman–Crippen LogP) is 5.52. The van der Waals surface area contributed by atoms with Crippen molar-refractivity contribution >= 4 is 49.8 Å². The Labute approximate surface area is 197 Å². The van der Waals surface area contributed by atoms with Crippen LogP contribution < -0.4 is 9.62 Å². The number of pyridine rings is 1. The first kappa shape index (κ1) is 22.5. The fourth-order valence-corrected chi connectivity index (χ4v) is 5.09. The number of rotatable bonds is 7. The van der Waals surface area contributed by atoms with Crippen molar-refractivity contribution in [1.82, 2.24) is 4.98 Å². The standard InChI is InChI=1S/C25H20ClN3O3S/c1-2-16-29(18-8-4-3-5-9-18)33(31,32)19-13-14-22(26)21(17-19)25(30)28-24-12-6-11-23-20(24)10-7-15-27-23/h2-15,17H,1,16H2,(H,28,30). The molecule has 0 unspecified atom stereocenters. The third-order valence-corrected chi connectivity index (χ3v) is 7.12. The number of carbonyl (C=O) groups excluding carboxylic acids is 1. The summed E-state index contributed by atoms with van der Waals surface area (Å²) in [6.07, 6.45) is 3.17. The van der Waals surface area contributed by atoms with E-state index < -0.39 is 15.9 Å². The van der Waals surface area contributed by atoms with Crippen LogP contribution in [0.25, 0.3) is 10.9 Å². The second-order valence-electron chi connectivity index (χ2n) is 7.13. The summed E-state index contributed by atoms with van der Waals surface area (Å²) >= 11 is 6.29. The van der Waals surface area contributed by atoms with Gasteiger partial charge in [0.05, 0.1) is 38.9 Å². The summed E-state index contributed by atoms with van der Waals surface area (Å²) in [4.78, 5) is 17.3. The molecule has 0 aliphatic carbocycles. The van der Waals surface area contributed by atoms with E-state index in [-0.39, 0.29) is 22.0 Å². The number of carbonyl (C=O) groups is 1. The molecule has 8 heteroatoms. The van der Waals surface area contributed by atoms with Gasteiger partial charge in [0.25, 0.3) is 15.9 Å². The van der Waals surface area contributed by atoms with Crippen LogP contribution in [0.2, 0.25) is 5.02 Å². The number of hydrogen-bond donors (Lipinski definition) is 1. The van der Waals surface area contributed by atoms with E-state index in [9.17, 15) is 13.2 Å². The van der Waals surface area contributed by atoms with Gasteiger partial charge in [0.15, 0.2) is 0 Å². The van der Waals surface area contributed by atoms with E-state index in [1.165, 1.54) is 28.6 Å². The Morgan fingerprint density at radius 3 is 2.58 bits per heavy atom. The van der Waals surface area contributed by atoms with Crippen molar-refractivity contribution in [1.29, 1.82) is 0 Å². The number of hydrogen-bond acceptors (Lipinski definition) is 4. The minimum atomic E-state index is -3.98. The van der Waals surface area contributed by atoms with Crippen molar-refractivity contribution in [3.63, 3.8) is 0 Å². The Hall–Kier alpha value is -3.68. The molecule has 3 aromatic carbocycles. The highest BCUT2D eigenvalue weighted by Gasteiger charge is 2.26. The zero-order valence-corrected chi connectivity index (χ0v) is 19.1. The maximum atomic E-state index is 13.4. The molecule has 4 rings (SSSR count). The number of sulfonamides is 1. The molecule has 1 N–H and O–H groups in total. The average molecular weight is 478 g/mol. The van der Waals surface area contributed by atoms with Crippen LogP contribution in [0.1, 0.15) is 10.4 Å². The van der Waals surface area contributed by atoms with Gasteiger partial charge in [-0.15, -0.1) is 6.58 Å². The smallest absolute Gasteiger partial charge is 0.264 e. The van der Waals surface area contributed by atoms with E-state index in [1.807, 2.05) is 12.1 Å². The van der Waals surface area contributed by atoms with E-state index >= 15 is 0 Å². The summed E-state index contributed by atoms with van der Waals surface area (Å²) < 4.78 is 28.1. The van der Waals surface area contributed by atoms with E-state index in [2.05, 4.69) is 16.9 Å². The molecule has 0 aliphatic rings. The minimum absolute atomic E-state index is 0.0465. The molecule has 4 aromatic rings. The summed E-state index contributed by atoms with van der Waals surface area (Å²) in [6, 6.07) is 21.7. The van der Waals surface area contributed by atoms with E-state index in [4.69, 9.17) is 11.6 Å². The number of halogens is 1. The Kier molecular flexibility index (Phi) is 6.44. The Balaban J connectivity index is 1.71. The van der Waals surface area contributed by atoms with Gasteiger partial charge in [-0.05, 0) is 54.6 Å². The van der Waals surface area contributed by atoms with Crippen molar-refractivity contribution in [3.8, 4) is 0 Å². The van der Waals surface area contributed by atoms with Gasteiger partial charge in [0.1, 0.15) is 0 Å². The van der Waals surface area contributed by atoms with Gasteiger partial charge >= 0.3 is 0 Å². The molecule has 1 aromatic heterocycles. The van der Waals surface area contributed by atoms with Crippen molar-refractivity contribution in [2.45, 2.75) is 4.90 Å². The van der Waals surface area contributed by atoms with Crippen molar-refractivity contribution in [3.05, 3.63) is 108 Å². The Morgan fingerprint density at radius 1 is 1.03 bits per heavy atom. The molecule has 1 amide bonds. The van der Waals surface area contributed by atoms with Crippen molar-refractivity contribution in [2.75, 3.05) is 16.2 Å². The molecule has 1 heterocycles. The first-order chi connectivity index (χ1) is 15.9. The Morgan fingerprint density at radius 2 is 1.82 bits per heavy atom. The molecule has 0 saturated heterocycles. The fraction of sp³-hybridized carbons (Fsp3) is 0.0400. The van der Waals surface area contributed by atoms with Crippen LogP contribution >= 0.6 is 11.6 Å². The first-order valence-corrected chi connectivity index (χ1v) is 11.9. The number of para-hydroxylation sites is 1. The number of fused-ring (bicyclic) bond motifs is 1. The van der Waals surface area contributed by atoms with Gasteiger partial charge in [-0.3, -0.25) is 14.1 Å².